The van der Waals surface area contributed by atoms with Gasteiger partial charge in [0.1, 0.15) is 0 Å². The molecule has 5 nitrogen and oxygen atoms in total. The Kier molecular flexibility index (Phi) is 5.46. The van der Waals surface area contributed by atoms with Crippen molar-refractivity contribution in [3.05, 3.63) is 76.8 Å². The van der Waals surface area contributed by atoms with Crippen molar-refractivity contribution in [2.75, 3.05) is 0 Å². The number of halogens is 1. The molecule has 0 saturated heterocycles. The van der Waals surface area contributed by atoms with Crippen LogP contribution in [-0.2, 0) is 13.0 Å². The van der Waals surface area contributed by atoms with Crippen molar-refractivity contribution in [2.24, 2.45) is 0 Å². The second-order valence-electron chi connectivity index (χ2n) is 5.62. The minimum Gasteiger partial charge on any atom is -0.346 e. The van der Waals surface area contributed by atoms with Crippen LogP contribution < -0.4 is 5.32 Å². The summed E-state index contributed by atoms with van der Waals surface area (Å²) in [4.78, 5) is 16.8. The van der Waals surface area contributed by atoms with Crippen LogP contribution in [0.1, 0.15) is 35.1 Å². The number of hydrogen-bond donors (Lipinski definition) is 1. The van der Waals surface area contributed by atoms with E-state index in [0.29, 0.717) is 17.1 Å². The van der Waals surface area contributed by atoms with Crippen molar-refractivity contribution in [2.45, 2.75) is 26.3 Å². The monoisotopic (exact) mass is 354 g/mol. The quantitative estimate of drug-likeness (QED) is 0.732. The van der Waals surface area contributed by atoms with Gasteiger partial charge < -0.3 is 5.32 Å². The third kappa shape index (κ3) is 3.88. The average molecular weight is 355 g/mol. The molecule has 6 heteroatoms. The van der Waals surface area contributed by atoms with Crippen LogP contribution in [0.4, 0.5) is 0 Å². The second-order valence-corrected chi connectivity index (χ2v) is 6.03. The molecular weight excluding hydrogens is 336 g/mol. The number of nitrogens with zero attached hydrogens (tertiary/aromatic N) is 3. The fraction of sp³-hybridized carbons (Fsp3) is 0.211. The Balaban J connectivity index is 1.86. The Bertz CT molecular complexity index is 861. The van der Waals surface area contributed by atoms with E-state index in [0.717, 1.165) is 29.9 Å². The van der Waals surface area contributed by atoms with Gasteiger partial charge in [0.25, 0.3) is 5.91 Å². The summed E-state index contributed by atoms with van der Waals surface area (Å²) in [7, 11) is 0. The van der Waals surface area contributed by atoms with Gasteiger partial charge in [-0.25, -0.2) is 4.68 Å². The highest BCUT2D eigenvalue weighted by atomic mass is 35.5. The Morgan fingerprint density at radius 3 is 2.72 bits per heavy atom. The van der Waals surface area contributed by atoms with Gasteiger partial charge in [-0.3, -0.25) is 9.78 Å². The lowest BCUT2D eigenvalue weighted by atomic mass is 10.1. The van der Waals surface area contributed by atoms with Gasteiger partial charge in [-0.15, -0.1) is 0 Å². The molecule has 0 aliphatic heterocycles. The van der Waals surface area contributed by atoms with E-state index in [9.17, 15) is 4.79 Å². The fourth-order valence-corrected chi connectivity index (χ4v) is 2.86. The molecule has 128 valence electrons. The number of carbonyl (C=O) groups excluding carboxylic acids is 1. The van der Waals surface area contributed by atoms with E-state index in [-0.39, 0.29) is 5.91 Å². The number of rotatable bonds is 6. The number of carbonyl (C=O) groups is 1. The molecule has 1 N–H and O–H groups in total. The molecular formula is C19H19ClN4O. The summed E-state index contributed by atoms with van der Waals surface area (Å²) < 4.78 is 1.75. The SMILES string of the molecule is CCCc1c(C(=O)NCc2ccccn2)cnn1-c1ccccc1Cl. The molecule has 2 aromatic heterocycles. The largest absolute Gasteiger partial charge is 0.346 e. The van der Waals surface area contributed by atoms with Crippen molar-refractivity contribution in [1.29, 1.82) is 0 Å². The molecule has 3 rings (SSSR count). The predicted molar refractivity (Wildman–Crippen MR) is 98.0 cm³/mol. The Hall–Kier alpha value is -2.66. The lowest BCUT2D eigenvalue weighted by Crippen LogP contribution is -2.24. The van der Waals surface area contributed by atoms with Crippen LogP contribution in [0.3, 0.4) is 0 Å². The summed E-state index contributed by atoms with van der Waals surface area (Å²) in [6, 6.07) is 13.1. The molecule has 3 aromatic rings. The molecule has 1 aromatic carbocycles. The number of pyridine rings is 1. The van der Waals surface area contributed by atoms with Crippen LogP contribution in [0.15, 0.2) is 54.9 Å². The molecule has 0 unspecified atom stereocenters. The Morgan fingerprint density at radius 1 is 1.20 bits per heavy atom. The van der Waals surface area contributed by atoms with Crippen LogP contribution in [0, 0.1) is 0 Å². The Labute approximate surface area is 151 Å². The zero-order chi connectivity index (χ0) is 17.6. The van der Waals surface area contributed by atoms with E-state index in [2.05, 4.69) is 22.3 Å². The molecule has 1 amide bonds. The van der Waals surface area contributed by atoms with E-state index in [1.54, 1.807) is 17.1 Å². The van der Waals surface area contributed by atoms with Crippen molar-refractivity contribution >= 4 is 17.5 Å². The smallest absolute Gasteiger partial charge is 0.255 e. The molecule has 0 spiro atoms. The second kappa shape index (κ2) is 7.94. The van der Waals surface area contributed by atoms with E-state index < -0.39 is 0 Å². The molecule has 0 bridgehead atoms. The van der Waals surface area contributed by atoms with E-state index in [4.69, 9.17) is 11.6 Å². The third-order valence-electron chi connectivity index (χ3n) is 3.84. The van der Waals surface area contributed by atoms with Gasteiger partial charge >= 0.3 is 0 Å². The highest BCUT2D eigenvalue weighted by Crippen LogP contribution is 2.23. The van der Waals surface area contributed by atoms with Gasteiger partial charge in [-0.1, -0.05) is 43.1 Å². The highest BCUT2D eigenvalue weighted by molar-refractivity contribution is 6.32. The first-order valence-electron chi connectivity index (χ1n) is 8.20. The first-order chi connectivity index (χ1) is 12.2. The summed E-state index contributed by atoms with van der Waals surface area (Å²) >= 11 is 6.29. The maximum Gasteiger partial charge on any atom is 0.255 e. The number of hydrogen-bond acceptors (Lipinski definition) is 3. The molecule has 0 fully saturated rings. The van der Waals surface area contributed by atoms with Gasteiger partial charge in [0.2, 0.25) is 0 Å². The average Bonchev–Trinajstić information content (AvgIpc) is 3.05. The number of amides is 1. The highest BCUT2D eigenvalue weighted by Gasteiger charge is 2.18. The molecule has 0 radical (unpaired) electrons. The summed E-state index contributed by atoms with van der Waals surface area (Å²) in [5.41, 5.74) is 3.01. The topological polar surface area (TPSA) is 59.8 Å². The van der Waals surface area contributed by atoms with Crippen LogP contribution >= 0.6 is 11.6 Å². The lowest BCUT2D eigenvalue weighted by Gasteiger charge is -2.10. The van der Waals surface area contributed by atoms with Crippen molar-refractivity contribution in [3.63, 3.8) is 0 Å². The van der Waals surface area contributed by atoms with E-state index in [1.807, 2.05) is 42.5 Å². The van der Waals surface area contributed by atoms with Crippen molar-refractivity contribution in [1.82, 2.24) is 20.1 Å². The number of nitrogens with one attached hydrogen (secondary N) is 1. The summed E-state index contributed by atoms with van der Waals surface area (Å²) in [5, 5.41) is 7.90. The lowest BCUT2D eigenvalue weighted by molar-refractivity contribution is 0.0949. The van der Waals surface area contributed by atoms with Crippen LogP contribution in [0.25, 0.3) is 5.69 Å². The summed E-state index contributed by atoms with van der Waals surface area (Å²) in [6.45, 7) is 2.45. The molecule has 0 saturated carbocycles. The first-order valence-corrected chi connectivity index (χ1v) is 8.58. The van der Waals surface area contributed by atoms with Gasteiger partial charge in [0.05, 0.1) is 40.4 Å². The molecule has 2 heterocycles. The molecule has 0 aliphatic rings. The minimum absolute atomic E-state index is 0.160. The van der Waals surface area contributed by atoms with E-state index in [1.165, 1.54) is 0 Å². The normalized spacial score (nSPS) is 10.6. The van der Waals surface area contributed by atoms with Gasteiger partial charge in [-0.2, -0.15) is 5.10 Å². The molecule has 0 aliphatic carbocycles. The zero-order valence-electron chi connectivity index (χ0n) is 13.9. The van der Waals surface area contributed by atoms with Crippen molar-refractivity contribution in [3.8, 4) is 5.69 Å². The van der Waals surface area contributed by atoms with E-state index >= 15 is 0 Å². The molecule has 25 heavy (non-hydrogen) atoms. The summed E-state index contributed by atoms with van der Waals surface area (Å²) in [5.74, 6) is -0.160. The molecule has 0 atom stereocenters. The standard InChI is InChI=1S/C19H19ClN4O/c1-2-7-17-15(19(25)22-12-14-8-5-6-11-21-14)13-23-24(17)18-10-4-3-9-16(18)20/h3-6,8-11,13H,2,7,12H2,1H3,(H,22,25). The van der Waals surface area contributed by atoms with Gasteiger partial charge in [-0.05, 0) is 30.7 Å². The zero-order valence-corrected chi connectivity index (χ0v) is 14.7. The van der Waals surface area contributed by atoms with Crippen LogP contribution in [0.2, 0.25) is 5.02 Å². The minimum atomic E-state index is -0.160. The van der Waals surface area contributed by atoms with Crippen LogP contribution in [0.5, 0.6) is 0 Å². The Morgan fingerprint density at radius 2 is 2.00 bits per heavy atom. The number of para-hydroxylation sites is 1. The van der Waals surface area contributed by atoms with Gasteiger partial charge in [0, 0.05) is 6.20 Å². The third-order valence-corrected chi connectivity index (χ3v) is 4.16. The predicted octanol–water partition coefficient (Wildman–Crippen LogP) is 3.80. The number of benzene rings is 1. The maximum absolute atomic E-state index is 12.6. The summed E-state index contributed by atoms with van der Waals surface area (Å²) in [6.07, 6.45) is 4.94. The van der Waals surface area contributed by atoms with Crippen molar-refractivity contribution < 1.29 is 4.79 Å². The number of aromatic nitrogens is 3. The maximum atomic E-state index is 12.6. The van der Waals surface area contributed by atoms with Crippen LogP contribution in [-0.4, -0.2) is 20.7 Å². The van der Waals surface area contributed by atoms with Gasteiger partial charge in [0.15, 0.2) is 0 Å². The fourth-order valence-electron chi connectivity index (χ4n) is 2.64. The first kappa shape index (κ1) is 17.2.